The van der Waals surface area contributed by atoms with Crippen LogP contribution in [0.15, 0.2) is 0 Å². The van der Waals surface area contributed by atoms with E-state index in [-0.39, 0.29) is 0 Å². The van der Waals surface area contributed by atoms with Crippen LogP contribution in [-0.4, -0.2) is 30.1 Å². The lowest BCUT2D eigenvalue weighted by Crippen LogP contribution is -2.37. The van der Waals surface area contributed by atoms with Crippen molar-refractivity contribution in [3.63, 3.8) is 0 Å². The molecule has 11 heavy (non-hydrogen) atoms. The van der Waals surface area contributed by atoms with Crippen LogP contribution in [0, 0.1) is 0 Å². The molecule has 0 aromatic carbocycles. The van der Waals surface area contributed by atoms with E-state index in [1.807, 2.05) is 0 Å². The van der Waals surface area contributed by atoms with Crippen LogP contribution in [0.25, 0.3) is 0 Å². The molecule has 0 aliphatic heterocycles. The fourth-order valence-corrected chi connectivity index (χ4v) is 0.886. The monoisotopic (exact) mass is 170 g/mol. The number of aliphatic hydroxyl groups is 1. The zero-order chi connectivity index (χ0) is 8.48. The summed E-state index contributed by atoms with van der Waals surface area (Å²) < 4.78 is 38.9. The molecule has 0 radical (unpaired) electrons. The first-order valence-electron chi connectivity index (χ1n) is 3.34. The van der Waals surface area contributed by atoms with Gasteiger partial charge in [0.15, 0.2) is 0 Å². The van der Waals surface area contributed by atoms with Crippen LogP contribution in [-0.2, 0) is 4.74 Å². The Kier molecular flexibility index (Phi) is 2.39. The van der Waals surface area contributed by atoms with Gasteiger partial charge in [0.05, 0.1) is 12.2 Å². The topological polar surface area (TPSA) is 29.5 Å². The van der Waals surface area contributed by atoms with Crippen LogP contribution in [0.5, 0.6) is 0 Å². The third-order valence-corrected chi connectivity index (χ3v) is 1.55. The number of rotatable bonds is 2. The lowest BCUT2D eigenvalue weighted by Gasteiger charge is -2.31. The van der Waals surface area contributed by atoms with Crippen LogP contribution in [0.1, 0.15) is 12.8 Å². The summed E-state index contributed by atoms with van der Waals surface area (Å²) in [6.07, 6.45) is -4.45. The van der Waals surface area contributed by atoms with E-state index in [9.17, 15) is 13.2 Å². The molecule has 1 fully saturated rings. The van der Waals surface area contributed by atoms with Gasteiger partial charge in [-0.2, -0.15) is 13.2 Å². The maximum Gasteiger partial charge on any atom is 0.411 e. The van der Waals surface area contributed by atoms with Crippen LogP contribution >= 0.6 is 0 Å². The standard InChI is InChI=1S/C6H9F3O2/c7-6(8,9)3-11-5-1-4(10)2-5/h4-5,10H,1-3H2. The summed E-state index contributed by atoms with van der Waals surface area (Å²) in [5.74, 6) is 0. The summed E-state index contributed by atoms with van der Waals surface area (Å²) in [6.45, 7) is -1.20. The first kappa shape index (κ1) is 8.80. The van der Waals surface area contributed by atoms with Gasteiger partial charge < -0.3 is 9.84 Å². The number of halogens is 3. The average molecular weight is 170 g/mol. The predicted octanol–water partition coefficient (Wildman–Crippen LogP) is 1.09. The van der Waals surface area contributed by atoms with Gasteiger partial charge in [-0.25, -0.2) is 0 Å². The van der Waals surface area contributed by atoms with E-state index in [2.05, 4.69) is 4.74 Å². The number of ether oxygens (including phenoxy) is 1. The molecule has 1 aliphatic carbocycles. The molecular weight excluding hydrogens is 161 g/mol. The second-order valence-corrected chi connectivity index (χ2v) is 2.67. The Labute approximate surface area is 62.0 Å². The highest BCUT2D eigenvalue weighted by atomic mass is 19.4. The quantitative estimate of drug-likeness (QED) is 0.672. The number of alkyl halides is 3. The second-order valence-electron chi connectivity index (χ2n) is 2.67. The Morgan fingerprint density at radius 3 is 2.27 bits per heavy atom. The Hall–Kier alpha value is -0.290. The van der Waals surface area contributed by atoms with Crippen LogP contribution < -0.4 is 0 Å². The van der Waals surface area contributed by atoms with Gasteiger partial charge in [0, 0.05) is 0 Å². The molecule has 0 aromatic rings. The van der Waals surface area contributed by atoms with Crippen molar-refractivity contribution in [1.82, 2.24) is 0 Å². The van der Waals surface area contributed by atoms with Crippen molar-refractivity contribution in [2.45, 2.75) is 31.2 Å². The van der Waals surface area contributed by atoms with E-state index in [0.29, 0.717) is 12.8 Å². The summed E-state index contributed by atoms with van der Waals surface area (Å²) in [4.78, 5) is 0. The lowest BCUT2D eigenvalue weighted by molar-refractivity contribution is -0.201. The van der Waals surface area contributed by atoms with Crippen molar-refractivity contribution in [3.8, 4) is 0 Å². The Morgan fingerprint density at radius 1 is 1.36 bits per heavy atom. The minimum atomic E-state index is -4.25. The lowest BCUT2D eigenvalue weighted by atomic mass is 9.92. The first-order valence-corrected chi connectivity index (χ1v) is 3.34. The van der Waals surface area contributed by atoms with E-state index in [0.717, 1.165) is 0 Å². The predicted molar refractivity (Wildman–Crippen MR) is 31.0 cm³/mol. The largest absolute Gasteiger partial charge is 0.411 e. The summed E-state index contributed by atoms with van der Waals surface area (Å²) >= 11 is 0. The molecule has 0 unspecified atom stereocenters. The third kappa shape index (κ3) is 3.07. The van der Waals surface area contributed by atoms with E-state index >= 15 is 0 Å². The second kappa shape index (κ2) is 2.98. The number of hydrogen-bond acceptors (Lipinski definition) is 2. The van der Waals surface area contributed by atoms with E-state index < -0.39 is 25.0 Å². The minimum Gasteiger partial charge on any atom is -0.393 e. The molecule has 1 N–H and O–H groups in total. The van der Waals surface area contributed by atoms with Crippen LogP contribution in [0.3, 0.4) is 0 Å². The number of aliphatic hydroxyl groups excluding tert-OH is 1. The average Bonchev–Trinajstić information content (AvgIpc) is 1.75. The fourth-order valence-electron chi connectivity index (χ4n) is 0.886. The van der Waals surface area contributed by atoms with Gasteiger partial charge in [0.25, 0.3) is 0 Å². The van der Waals surface area contributed by atoms with E-state index in [4.69, 9.17) is 5.11 Å². The highest BCUT2D eigenvalue weighted by molar-refractivity contribution is 4.79. The molecule has 2 nitrogen and oxygen atoms in total. The molecule has 66 valence electrons. The summed E-state index contributed by atoms with van der Waals surface area (Å²) in [6, 6.07) is 0. The molecule has 0 amide bonds. The van der Waals surface area contributed by atoms with Crippen molar-refractivity contribution in [2.24, 2.45) is 0 Å². The van der Waals surface area contributed by atoms with E-state index in [1.54, 1.807) is 0 Å². The molecule has 1 rings (SSSR count). The Balaban J connectivity index is 2.05. The first-order chi connectivity index (χ1) is 4.97. The molecule has 0 saturated heterocycles. The molecule has 0 aromatic heterocycles. The zero-order valence-corrected chi connectivity index (χ0v) is 5.77. The summed E-state index contributed by atoms with van der Waals surface area (Å²) in [5, 5.41) is 8.69. The molecular formula is C6H9F3O2. The molecule has 1 aliphatic rings. The van der Waals surface area contributed by atoms with E-state index in [1.165, 1.54) is 0 Å². The van der Waals surface area contributed by atoms with Crippen molar-refractivity contribution >= 4 is 0 Å². The fraction of sp³-hybridized carbons (Fsp3) is 1.00. The van der Waals surface area contributed by atoms with Gasteiger partial charge in [-0.3, -0.25) is 0 Å². The third-order valence-electron chi connectivity index (χ3n) is 1.55. The van der Waals surface area contributed by atoms with Crippen LogP contribution in [0.2, 0.25) is 0 Å². The SMILES string of the molecule is OC1CC(OCC(F)(F)F)C1. The molecule has 0 bridgehead atoms. The molecule has 0 spiro atoms. The molecule has 0 heterocycles. The smallest absolute Gasteiger partial charge is 0.393 e. The molecule has 1 saturated carbocycles. The summed E-state index contributed by atoms with van der Waals surface area (Å²) in [7, 11) is 0. The highest BCUT2D eigenvalue weighted by Gasteiger charge is 2.34. The van der Waals surface area contributed by atoms with Gasteiger partial charge in [0.1, 0.15) is 6.61 Å². The van der Waals surface area contributed by atoms with Gasteiger partial charge in [0.2, 0.25) is 0 Å². The van der Waals surface area contributed by atoms with Crippen molar-refractivity contribution < 1.29 is 23.0 Å². The minimum absolute atomic E-state index is 0.329. The van der Waals surface area contributed by atoms with Crippen LogP contribution in [0.4, 0.5) is 13.2 Å². The zero-order valence-electron chi connectivity index (χ0n) is 5.77. The summed E-state index contributed by atoms with van der Waals surface area (Å²) in [5.41, 5.74) is 0. The maximum absolute atomic E-state index is 11.5. The van der Waals surface area contributed by atoms with Gasteiger partial charge in [-0.15, -0.1) is 0 Å². The number of hydrogen-bond donors (Lipinski definition) is 1. The van der Waals surface area contributed by atoms with Gasteiger partial charge in [-0.1, -0.05) is 0 Å². The van der Waals surface area contributed by atoms with Crippen molar-refractivity contribution in [2.75, 3.05) is 6.61 Å². The highest BCUT2D eigenvalue weighted by Crippen LogP contribution is 2.25. The van der Waals surface area contributed by atoms with Crippen molar-refractivity contribution in [3.05, 3.63) is 0 Å². The Morgan fingerprint density at radius 2 is 1.91 bits per heavy atom. The van der Waals surface area contributed by atoms with Gasteiger partial charge in [-0.05, 0) is 12.8 Å². The maximum atomic E-state index is 11.5. The normalized spacial score (nSPS) is 31.6. The Bertz CT molecular complexity index is 128. The molecule has 5 heteroatoms. The molecule has 0 atom stereocenters. The van der Waals surface area contributed by atoms with Gasteiger partial charge >= 0.3 is 6.18 Å². The van der Waals surface area contributed by atoms with Crippen molar-refractivity contribution in [1.29, 1.82) is 0 Å².